The molecule has 0 aliphatic heterocycles. The highest BCUT2D eigenvalue weighted by atomic mass is 19.1. The van der Waals surface area contributed by atoms with Crippen LogP contribution in [0.5, 0.6) is 0 Å². The van der Waals surface area contributed by atoms with Gasteiger partial charge in [-0.3, -0.25) is 0 Å². The third kappa shape index (κ3) is 3.88. The van der Waals surface area contributed by atoms with E-state index in [2.05, 4.69) is 10.1 Å². The van der Waals surface area contributed by atoms with E-state index in [0.717, 1.165) is 24.8 Å². The average molecular weight is 291 g/mol. The lowest BCUT2D eigenvalue weighted by Gasteiger charge is -2.20. The molecular formula is C16H22FN3O. The highest BCUT2D eigenvalue weighted by molar-refractivity contribution is 5.30. The van der Waals surface area contributed by atoms with Crippen LogP contribution in [0.4, 0.5) is 4.39 Å². The van der Waals surface area contributed by atoms with Crippen molar-refractivity contribution in [3.05, 3.63) is 47.4 Å². The molecule has 2 N–H and O–H groups in total. The van der Waals surface area contributed by atoms with Crippen LogP contribution in [0.1, 0.15) is 50.9 Å². The van der Waals surface area contributed by atoms with Crippen LogP contribution in [0.2, 0.25) is 0 Å². The predicted octanol–water partition coefficient (Wildman–Crippen LogP) is 3.20. The van der Waals surface area contributed by atoms with Crippen LogP contribution >= 0.6 is 0 Å². The molecular weight excluding hydrogens is 269 g/mol. The predicted molar refractivity (Wildman–Crippen MR) is 79.4 cm³/mol. The molecule has 0 bridgehead atoms. The number of nitrogens with two attached hydrogens (primary N) is 1. The summed E-state index contributed by atoms with van der Waals surface area (Å²) >= 11 is 0. The standard InChI is InChI=1S/C16H22FN3O/c1-11(18)5-4-6-14-19-15(20-21-14)16(2,3)12-7-9-13(17)10-8-12/h7-11H,4-6,18H2,1-3H3. The van der Waals surface area contributed by atoms with Crippen molar-refractivity contribution in [1.29, 1.82) is 0 Å². The molecule has 0 saturated heterocycles. The van der Waals surface area contributed by atoms with E-state index in [1.807, 2.05) is 20.8 Å². The Bertz CT molecular complexity index is 575. The van der Waals surface area contributed by atoms with Crippen molar-refractivity contribution in [3.8, 4) is 0 Å². The lowest BCUT2D eigenvalue weighted by molar-refractivity contribution is 0.361. The summed E-state index contributed by atoms with van der Waals surface area (Å²) in [4.78, 5) is 4.47. The summed E-state index contributed by atoms with van der Waals surface area (Å²) in [5, 5.41) is 4.07. The van der Waals surface area contributed by atoms with Gasteiger partial charge in [0, 0.05) is 12.5 Å². The molecule has 114 valence electrons. The van der Waals surface area contributed by atoms with E-state index >= 15 is 0 Å². The number of aromatic nitrogens is 2. The third-order valence-corrected chi connectivity index (χ3v) is 3.64. The van der Waals surface area contributed by atoms with Gasteiger partial charge in [-0.25, -0.2) is 4.39 Å². The fourth-order valence-corrected chi connectivity index (χ4v) is 2.18. The molecule has 0 spiro atoms. The largest absolute Gasteiger partial charge is 0.339 e. The summed E-state index contributed by atoms with van der Waals surface area (Å²) in [7, 11) is 0. The van der Waals surface area contributed by atoms with Gasteiger partial charge in [-0.2, -0.15) is 4.98 Å². The Hall–Kier alpha value is -1.75. The van der Waals surface area contributed by atoms with Crippen LogP contribution in [0.3, 0.4) is 0 Å². The summed E-state index contributed by atoms with van der Waals surface area (Å²) < 4.78 is 18.3. The molecule has 0 aliphatic rings. The second kappa shape index (κ2) is 6.35. The number of nitrogens with zero attached hydrogens (tertiary/aromatic N) is 2. The van der Waals surface area contributed by atoms with Crippen LogP contribution in [0, 0.1) is 5.82 Å². The van der Waals surface area contributed by atoms with E-state index in [-0.39, 0.29) is 11.9 Å². The Labute approximate surface area is 124 Å². The van der Waals surface area contributed by atoms with Crippen LogP contribution in [-0.2, 0) is 11.8 Å². The van der Waals surface area contributed by atoms with Crippen molar-refractivity contribution in [2.45, 2.75) is 51.5 Å². The zero-order chi connectivity index (χ0) is 15.5. The minimum absolute atomic E-state index is 0.183. The van der Waals surface area contributed by atoms with E-state index in [1.54, 1.807) is 12.1 Å². The molecule has 5 heteroatoms. The Morgan fingerprint density at radius 2 is 1.95 bits per heavy atom. The van der Waals surface area contributed by atoms with Crippen LogP contribution in [-0.4, -0.2) is 16.2 Å². The molecule has 1 heterocycles. The lowest BCUT2D eigenvalue weighted by Crippen LogP contribution is -2.20. The first kappa shape index (κ1) is 15.6. The SMILES string of the molecule is CC(N)CCCc1nc(C(C)(C)c2ccc(F)cc2)no1. The van der Waals surface area contributed by atoms with Gasteiger partial charge in [0.2, 0.25) is 5.89 Å². The summed E-state index contributed by atoms with van der Waals surface area (Å²) in [6.45, 7) is 5.98. The van der Waals surface area contributed by atoms with Crippen molar-refractivity contribution < 1.29 is 8.91 Å². The zero-order valence-electron chi connectivity index (χ0n) is 12.8. The minimum Gasteiger partial charge on any atom is -0.339 e. The average Bonchev–Trinajstić information content (AvgIpc) is 2.88. The van der Waals surface area contributed by atoms with Gasteiger partial charge in [0.15, 0.2) is 5.82 Å². The van der Waals surface area contributed by atoms with Crippen molar-refractivity contribution in [3.63, 3.8) is 0 Å². The second-order valence-electron chi connectivity index (χ2n) is 6.01. The molecule has 1 aromatic carbocycles. The van der Waals surface area contributed by atoms with Crippen LogP contribution in [0.15, 0.2) is 28.8 Å². The Morgan fingerprint density at radius 3 is 2.57 bits per heavy atom. The van der Waals surface area contributed by atoms with Crippen molar-refractivity contribution >= 4 is 0 Å². The molecule has 0 aliphatic carbocycles. The molecule has 1 unspecified atom stereocenters. The smallest absolute Gasteiger partial charge is 0.226 e. The molecule has 21 heavy (non-hydrogen) atoms. The minimum atomic E-state index is -0.420. The number of hydrogen-bond donors (Lipinski definition) is 1. The molecule has 0 fully saturated rings. The fourth-order valence-electron chi connectivity index (χ4n) is 2.18. The van der Waals surface area contributed by atoms with Gasteiger partial charge in [-0.05, 0) is 51.3 Å². The highest BCUT2D eigenvalue weighted by Gasteiger charge is 2.28. The molecule has 0 radical (unpaired) electrons. The number of benzene rings is 1. The van der Waals surface area contributed by atoms with Gasteiger partial charge in [-0.15, -0.1) is 0 Å². The quantitative estimate of drug-likeness (QED) is 0.887. The van der Waals surface area contributed by atoms with E-state index in [4.69, 9.17) is 10.3 Å². The maximum absolute atomic E-state index is 13.0. The number of aryl methyl sites for hydroxylation is 1. The topological polar surface area (TPSA) is 64.9 Å². The second-order valence-corrected chi connectivity index (χ2v) is 6.01. The van der Waals surface area contributed by atoms with Gasteiger partial charge < -0.3 is 10.3 Å². The van der Waals surface area contributed by atoms with Gasteiger partial charge in [0.1, 0.15) is 5.82 Å². The maximum atomic E-state index is 13.0. The molecule has 1 atom stereocenters. The molecule has 0 amide bonds. The monoisotopic (exact) mass is 291 g/mol. The first-order valence-corrected chi connectivity index (χ1v) is 7.24. The molecule has 1 aromatic heterocycles. The first-order chi connectivity index (χ1) is 9.89. The van der Waals surface area contributed by atoms with E-state index in [9.17, 15) is 4.39 Å². The highest BCUT2D eigenvalue weighted by Crippen LogP contribution is 2.29. The maximum Gasteiger partial charge on any atom is 0.226 e. The summed E-state index contributed by atoms with van der Waals surface area (Å²) in [5.74, 6) is 0.991. The Balaban J connectivity index is 2.10. The third-order valence-electron chi connectivity index (χ3n) is 3.64. The number of hydrogen-bond acceptors (Lipinski definition) is 4. The fraction of sp³-hybridized carbons (Fsp3) is 0.500. The number of halogens is 1. The van der Waals surface area contributed by atoms with Crippen LogP contribution < -0.4 is 5.73 Å². The van der Waals surface area contributed by atoms with E-state index < -0.39 is 5.41 Å². The van der Waals surface area contributed by atoms with Crippen molar-refractivity contribution in [1.82, 2.24) is 10.1 Å². The Morgan fingerprint density at radius 1 is 1.29 bits per heavy atom. The van der Waals surface area contributed by atoms with Gasteiger partial charge >= 0.3 is 0 Å². The molecule has 2 rings (SSSR count). The van der Waals surface area contributed by atoms with Gasteiger partial charge in [-0.1, -0.05) is 17.3 Å². The van der Waals surface area contributed by atoms with Crippen LogP contribution in [0.25, 0.3) is 0 Å². The number of rotatable bonds is 6. The molecule has 2 aromatic rings. The summed E-state index contributed by atoms with van der Waals surface area (Å²) in [6.07, 6.45) is 2.59. The summed E-state index contributed by atoms with van der Waals surface area (Å²) in [6, 6.07) is 6.58. The van der Waals surface area contributed by atoms with E-state index in [0.29, 0.717) is 11.7 Å². The van der Waals surface area contributed by atoms with Gasteiger partial charge in [0.25, 0.3) is 0 Å². The van der Waals surface area contributed by atoms with E-state index in [1.165, 1.54) is 12.1 Å². The lowest BCUT2D eigenvalue weighted by atomic mass is 9.84. The van der Waals surface area contributed by atoms with Gasteiger partial charge in [0.05, 0.1) is 5.41 Å². The van der Waals surface area contributed by atoms with Crippen molar-refractivity contribution in [2.24, 2.45) is 5.73 Å². The van der Waals surface area contributed by atoms with Crippen molar-refractivity contribution in [2.75, 3.05) is 0 Å². The zero-order valence-corrected chi connectivity index (χ0v) is 12.8. The summed E-state index contributed by atoms with van der Waals surface area (Å²) in [5.41, 5.74) is 6.25. The molecule has 0 saturated carbocycles. The first-order valence-electron chi connectivity index (χ1n) is 7.24. The normalized spacial score (nSPS) is 13.4. The molecule has 4 nitrogen and oxygen atoms in total. The Kier molecular flexibility index (Phi) is 4.73.